The van der Waals surface area contributed by atoms with Crippen molar-refractivity contribution in [1.29, 1.82) is 0 Å². The normalized spacial score (nSPS) is 9.57. The van der Waals surface area contributed by atoms with Crippen LogP contribution in [0.4, 0.5) is 14.9 Å². The Morgan fingerprint density at radius 1 is 1.64 bits per heavy atom. The van der Waals surface area contributed by atoms with Crippen molar-refractivity contribution in [2.24, 2.45) is 0 Å². The Bertz CT molecular complexity index is 342. The minimum Gasteiger partial charge on any atom is -0.408 e. The molecule has 0 saturated heterocycles. The van der Waals surface area contributed by atoms with Gasteiger partial charge in [0.2, 0.25) is 0 Å². The lowest BCUT2D eigenvalue weighted by Gasteiger charge is -2.06. The number of halogens is 1. The predicted molar refractivity (Wildman–Crippen MR) is 50.5 cm³/mol. The Morgan fingerprint density at radius 2 is 2.36 bits per heavy atom. The number of nitrogens with two attached hydrogens (primary N) is 1. The molecule has 1 aromatic carbocycles. The van der Waals surface area contributed by atoms with Gasteiger partial charge >= 0.3 is 6.09 Å². The molecule has 0 saturated carbocycles. The summed E-state index contributed by atoms with van der Waals surface area (Å²) in [4.78, 5) is 11.0. The van der Waals surface area contributed by atoms with Crippen molar-refractivity contribution in [3.63, 3.8) is 0 Å². The number of hydrogen-bond acceptors (Lipinski definition) is 3. The van der Waals surface area contributed by atoms with Gasteiger partial charge in [0.1, 0.15) is 5.82 Å². The van der Waals surface area contributed by atoms with E-state index in [4.69, 9.17) is 10.5 Å². The number of nitrogen functional groups attached to an aromatic ring is 1. The van der Waals surface area contributed by atoms with Gasteiger partial charge in [0.05, 0.1) is 5.69 Å². The molecule has 0 radical (unpaired) electrons. The zero-order valence-electron chi connectivity index (χ0n) is 7.71. The number of hydrogen-bond donors (Lipinski definition) is 2. The zero-order chi connectivity index (χ0) is 10.6. The molecule has 0 unspecified atom stereocenters. The van der Waals surface area contributed by atoms with Crippen molar-refractivity contribution < 1.29 is 13.9 Å². The van der Waals surface area contributed by atoms with Gasteiger partial charge in [0, 0.05) is 12.6 Å². The molecule has 0 atom stereocenters. The molecule has 14 heavy (non-hydrogen) atoms. The SMILES string of the molecule is CCNC(=O)Oc1ccc(F)cc1N. The van der Waals surface area contributed by atoms with Gasteiger partial charge in [-0.1, -0.05) is 0 Å². The van der Waals surface area contributed by atoms with Crippen LogP contribution in [-0.4, -0.2) is 12.6 Å². The maximum Gasteiger partial charge on any atom is 0.412 e. The quantitative estimate of drug-likeness (QED) is 0.708. The highest BCUT2D eigenvalue weighted by molar-refractivity contribution is 5.72. The third-order valence-corrected chi connectivity index (χ3v) is 1.50. The topological polar surface area (TPSA) is 64.3 Å². The first-order chi connectivity index (χ1) is 6.63. The van der Waals surface area contributed by atoms with Crippen LogP contribution in [0, 0.1) is 5.82 Å². The van der Waals surface area contributed by atoms with Crippen LogP contribution in [0.25, 0.3) is 0 Å². The molecule has 76 valence electrons. The minimum atomic E-state index is -0.606. The molecule has 0 aliphatic rings. The van der Waals surface area contributed by atoms with Gasteiger partial charge in [-0.3, -0.25) is 0 Å². The second-order valence-corrected chi connectivity index (χ2v) is 2.60. The van der Waals surface area contributed by atoms with E-state index in [0.717, 1.165) is 6.07 Å². The molecule has 3 N–H and O–H groups in total. The summed E-state index contributed by atoms with van der Waals surface area (Å²) in [6, 6.07) is 3.57. The van der Waals surface area contributed by atoms with Crippen LogP contribution in [-0.2, 0) is 0 Å². The van der Waals surface area contributed by atoms with Crippen molar-refractivity contribution in [3.05, 3.63) is 24.0 Å². The van der Waals surface area contributed by atoms with E-state index in [9.17, 15) is 9.18 Å². The lowest BCUT2D eigenvalue weighted by atomic mass is 10.3. The largest absolute Gasteiger partial charge is 0.412 e. The number of anilines is 1. The van der Waals surface area contributed by atoms with Gasteiger partial charge in [-0.05, 0) is 19.1 Å². The Balaban J connectivity index is 2.72. The van der Waals surface area contributed by atoms with Crippen LogP contribution >= 0.6 is 0 Å². The van der Waals surface area contributed by atoms with E-state index in [2.05, 4.69) is 5.32 Å². The molecule has 1 rings (SSSR count). The Labute approximate surface area is 80.9 Å². The highest BCUT2D eigenvalue weighted by atomic mass is 19.1. The minimum absolute atomic E-state index is 0.0938. The molecule has 1 amide bonds. The first-order valence-corrected chi connectivity index (χ1v) is 4.14. The van der Waals surface area contributed by atoms with Gasteiger partial charge in [0.25, 0.3) is 0 Å². The van der Waals surface area contributed by atoms with E-state index in [0.29, 0.717) is 6.54 Å². The van der Waals surface area contributed by atoms with E-state index < -0.39 is 11.9 Å². The molecule has 0 spiro atoms. The number of ether oxygens (including phenoxy) is 1. The van der Waals surface area contributed by atoms with Crippen LogP contribution in [0.2, 0.25) is 0 Å². The summed E-state index contributed by atoms with van der Waals surface area (Å²) in [6.45, 7) is 2.22. The molecule has 4 nitrogen and oxygen atoms in total. The lowest BCUT2D eigenvalue weighted by Crippen LogP contribution is -2.26. The van der Waals surface area contributed by atoms with Gasteiger partial charge in [-0.2, -0.15) is 0 Å². The molecule has 0 fully saturated rings. The molecule has 0 aliphatic carbocycles. The van der Waals surface area contributed by atoms with E-state index in [1.807, 2.05) is 0 Å². The molecule has 0 aliphatic heterocycles. The molecule has 0 heterocycles. The number of carbonyl (C=O) groups is 1. The molecular formula is C9H11FN2O2. The monoisotopic (exact) mass is 198 g/mol. The third kappa shape index (κ3) is 2.62. The lowest BCUT2D eigenvalue weighted by molar-refractivity contribution is 0.201. The number of benzene rings is 1. The molecular weight excluding hydrogens is 187 g/mol. The van der Waals surface area contributed by atoms with Crippen LogP contribution in [0.15, 0.2) is 18.2 Å². The fourth-order valence-corrected chi connectivity index (χ4v) is 0.893. The highest BCUT2D eigenvalue weighted by Gasteiger charge is 2.06. The van der Waals surface area contributed by atoms with E-state index in [1.165, 1.54) is 12.1 Å². The molecule has 0 bridgehead atoms. The van der Waals surface area contributed by atoms with E-state index >= 15 is 0 Å². The number of carbonyl (C=O) groups excluding carboxylic acids is 1. The molecule has 5 heteroatoms. The number of nitrogens with one attached hydrogen (secondary N) is 1. The van der Waals surface area contributed by atoms with Crippen LogP contribution in [0.1, 0.15) is 6.92 Å². The summed E-state index contributed by atoms with van der Waals surface area (Å²) >= 11 is 0. The van der Waals surface area contributed by atoms with Crippen LogP contribution < -0.4 is 15.8 Å². The third-order valence-electron chi connectivity index (χ3n) is 1.50. The van der Waals surface area contributed by atoms with Crippen molar-refractivity contribution in [1.82, 2.24) is 5.32 Å². The van der Waals surface area contributed by atoms with Crippen molar-refractivity contribution >= 4 is 11.8 Å². The van der Waals surface area contributed by atoms with Crippen molar-refractivity contribution in [2.75, 3.05) is 12.3 Å². The first kappa shape index (κ1) is 10.3. The Hall–Kier alpha value is -1.78. The first-order valence-electron chi connectivity index (χ1n) is 4.14. The van der Waals surface area contributed by atoms with E-state index in [1.54, 1.807) is 6.92 Å². The average molecular weight is 198 g/mol. The second-order valence-electron chi connectivity index (χ2n) is 2.60. The van der Waals surface area contributed by atoms with Crippen LogP contribution in [0.5, 0.6) is 5.75 Å². The smallest absolute Gasteiger partial charge is 0.408 e. The van der Waals surface area contributed by atoms with Crippen LogP contribution in [0.3, 0.4) is 0 Å². The van der Waals surface area contributed by atoms with Gasteiger partial charge < -0.3 is 15.8 Å². The van der Waals surface area contributed by atoms with Crippen molar-refractivity contribution in [3.8, 4) is 5.75 Å². The van der Waals surface area contributed by atoms with Crippen molar-refractivity contribution in [2.45, 2.75) is 6.92 Å². The zero-order valence-corrected chi connectivity index (χ0v) is 7.71. The summed E-state index contributed by atoms with van der Waals surface area (Å²) in [5, 5.41) is 2.43. The maximum atomic E-state index is 12.6. The fourth-order valence-electron chi connectivity index (χ4n) is 0.893. The van der Waals surface area contributed by atoms with E-state index in [-0.39, 0.29) is 11.4 Å². The maximum absolute atomic E-state index is 12.6. The summed E-state index contributed by atoms with van der Waals surface area (Å²) < 4.78 is 17.4. The summed E-state index contributed by atoms with van der Waals surface area (Å²) in [6.07, 6.45) is -0.606. The second kappa shape index (κ2) is 4.45. The highest BCUT2D eigenvalue weighted by Crippen LogP contribution is 2.21. The molecule has 1 aromatic rings. The molecule has 0 aromatic heterocycles. The standard InChI is InChI=1S/C9H11FN2O2/c1-2-12-9(13)14-8-4-3-6(10)5-7(8)11/h3-5H,2,11H2,1H3,(H,12,13). The summed E-state index contributed by atoms with van der Waals surface area (Å²) in [5.41, 5.74) is 5.51. The summed E-state index contributed by atoms with van der Waals surface area (Å²) in [5.74, 6) is -0.317. The summed E-state index contributed by atoms with van der Waals surface area (Å²) in [7, 11) is 0. The van der Waals surface area contributed by atoms with Gasteiger partial charge in [-0.15, -0.1) is 0 Å². The Morgan fingerprint density at radius 3 is 2.93 bits per heavy atom. The predicted octanol–water partition coefficient (Wildman–Crippen LogP) is 1.52. The Kier molecular flexibility index (Phi) is 3.28. The van der Waals surface area contributed by atoms with Gasteiger partial charge in [0.15, 0.2) is 5.75 Å². The number of amides is 1. The average Bonchev–Trinajstić information content (AvgIpc) is 2.10. The van der Waals surface area contributed by atoms with Gasteiger partial charge in [-0.25, -0.2) is 9.18 Å². The number of rotatable bonds is 2. The fraction of sp³-hybridized carbons (Fsp3) is 0.222.